The fourth-order valence-corrected chi connectivity index (χ4v) is 1.64. The van der Waals surface area contributed by atoms with Crippen LogP contribution in [0.2, 0.25) is 0 Å². The van der Waals surface area contributed by atoms with Crippen molar-refractivity contribution in [3.05, 3.63) is 0 Å². The molecule has 0 aromatic rings. The highest BCUT2D eigenvalue weighted by atomic mass is 16.4. The van der Waals surface area contributed by atoms with Gasteiger partial charge in [0, 0.05) is 6.54 Å². The molecule has 0 aromatic heterocycles. The van der Waals surface area contributed by atoms with Gasteiger partial charge in [0.1, 0.15) is 12.1 Å². The molecule has 3 unspecified atom stereocenters. The molecule has 22 heavy (non-hydrogen) atoms. The van der Waals surface area contributed by atoms with Gasteiger partial charge in [0.15, 0.2) is 0 Å². The molecule has 0 heterocycles. The fraction of sp³-hybridized carbons (Fsp3) is 0.786. The van der Waals surface area contributed by atoms with Gasteiger partial charge in [0.25, 0.3) is 0 Å². The number of carbonyl (C=O) groups excluding carboxylic acids is 2. The zero-order valence-electron chi connectivity index (χ0n) is 13.8. The monoisotopic (exact) mass is 316 g/mol. The van der Waals surface area contributed by atoms with Crippen molar-refractivity contribution in [1.29, 1.82) is 0 Å². The van der Waals surface area contributed by atoms with Crippen LogP contribution >= 0.6 is 0 Å². The molecule has 0 saturated carbocycles. The number of unbranched alkanes of at least 4 members (excludes halogenated alkanes) is 1. The van der Waals surface area contributed by atoms with E-state index < -0.39 is 24.1 Å². The third kappa shape index (κ3) is 7.94. The number of carboxylic acid groups (broad SMARTS) is 1. The van der Waals surface area contributed by atoms with Crippen LogP contribution in [0, 0.1) is 0 Å². The Morgan fingerprint density at radius 1 is 1.14 bits per heavy atom. The van der Waals surface area contributed by atoms with E-state index in [0.717, 1.165) is 12.8 Å². The molecule has 2 amide bonds. The van der Waals surface area contributed by atoms with E-state index in [-0.39, 0.29) is 11.8 Å². The number of rotatable bonds is 10. The third-order valence-electron chi connectivity index (χ3n) is 3.42. The molecule has 0 aromatic carbocycles. The number of hydrogen-bond donors (Lipinski definition) is 4. The molecule has 128 valence electrons. The Bertz CT molecular complexity index is 387. The van der Waals surface area contributed by atoms with Crippen LogP contribution in [0.15, 0.2) is 0 Å². The van der Waals surface area contributed by atoms with E-state index in [1.807, 2.05) is 0 Å². The van der Waals surface area contributed by atoms with E-state index >= 15 is 0 Å². The highest BCUT2D eigenvalue weighted by Gasteiger charge is 2.17. The van der Waals surface area contributed by atoms with Crippen molar-refractivity contribution >= 4 is 17.8 Å². The normalized spacial score (nSPS) is 15.0. The maximum Gasteiger partial charge on any atom is 0.320 e. The van der Waals surface area contributed by atoms with Gasteiger partial charge in [0.05, 0.1) is 6.04 Å². The standard InChI is InChI=1S/C14H28N4O4/c1-9(15)12(19)17-10(2)13(20)16-7-5-6-8-18(4)11(3)14(21)22/h9-11H,5-8,15H2,1-4H3,(H,16,20)(H,17,19)(H,21,22). The van der Waals surface area contributed by atoms with Crippen LogP contribution in [0.25, 0.3) is 0 Å². The van der Waals surface area contributed by atoms with E-state index in [1.54, 1.807) is 32.7 Å². The van der Waals surface area contributed by atoms with Gasteiger partial charge in [-0.1, -0.05) is 0 Å². The Hall–Kier alpha value is -1.67. The molecule has 0 saturated heterocycles. The zero-order chi connectivity index (χ0) is 17.3. The van der Waals surface area contributed by atoms with Gasteiger partial charge in [-0.2, -0.15) is 0 Å². The Kier molecular flexibility index (Phi) is 9.35. The first kappa shape index (κ1) is 20.3. The van der Waals surface area contributed by atoms with Gasteiger partial charge < -0.3 is 21.5 Å². The van der Waals surface area contributed by atoms with Gasteiger partial charge in [-0.3, -0.25) is 19.3 Å². The number of nitrogens with two attached hydrogens (primary N) is 1. The van der Waals surface area contributed by atoms with Gasteiger partial charge in [0.2, 0.25) is 11.8 Å². The van der Waals surface area contributed by atoms with E-state index in [0.29, 0.717) is 13.1 Å². The first-order valence-corrected chi connectivity index (χ1v) is 7.43. The zero-order valence-corrected chi connectivity index (χ0v) is 13.8. The van der Waals surface area contributed by atoms with Crippen LogP contribution < -0.4 is 16.4 Å². The van der Waals surface area contributed by atoms with Crippen molar-refractivity contribution in [3.63, 3.8) is 0 Å². The predicted octanol–water partition coefficient (Wildman–Crippen LogP) is -0.860. The summed E-state index contributed by atoms with van der Waals surface area (Å²) in [7, 11) is 1.75. The van der Waals surface area contributed by atoms with Crippen LogP contribution in [-0.4, -0.2) is 66.1 Å². The second-order valence-electron chi connectivity index (χ2n) is 5.51. The Balaban J connectivity index is 3.85. The number of nitrogens with zero attached hydrogens (tertiary/aromatic N) is 1. The van der Waals surface area contributed by atoms with Gasteiger partial charge in [-0.05, 0) is 47.2 Å². The summed E-state index contributed by atoms with van der Waals surface area (Å²) < 4.78 is 0. The minimum Gasteiger partial charge on any atom is -0.480 e. The smallest absolute Gasteiger partial charge is 0.320 e. The van der Waals surface area contributed by atoms with Crippen molar-refractivity contribution in [2.45, 2.75) is 51.7 Å². The van der Waals surface area contributed by atoms with Crippen molar-refractivity contribution in [1.82, 2.24) is 15.5 Å². The van der Waals surface area contributed by atoms with Crippen molar-refractivity contribution in [2.75, 3.05) is 20.1 Å². The van der Waals surface area contributed by atoms with Crippen LogP contribution in [0.5, 0.6) is 0 Å². The Morgan fingerprint density at radius 3 is 2.23 bits per heavy atom. The highest BCUT2D eigenvalue weighted by molar-refractivity contribution is 5.89. The predicted molar refractivity (Wildman–Crippen MR) is 83.2 cm³/mol. The topological polar surface area (TPSA) is 125 Å². The van der Waals surface area contributed by atoms with Crippen molar-refractivity contribution in [3.8, 4) is 0 Å². The number of carbonyl (C=O) groups is 3. The summed E-state index contributed by atoms with van der Waals surface area (Å²) in [6.45, 7) is 5.90. The molecule has 3 atom stereocenters. The van der Waals surface area contributed by atoms with Crippen LogP contribution in [0.4, 0.5) is 0 Å². The van der Waals surface area contributed by atoms with Gasteiger partial charge >= 0.3 is 5.97 Å². The first-order chi connectivity index (χ1) is 10.2. The lowest BCUT2D eigenvalue weighted by Crippen LogP contribution is -2.49. The molecular formula is C14H28N4O4. The second kappa shape index (κ2) is 10.1. The Labute approximate surface area is 131 Å². The number of hydrogen-bond acceptors (Lipinski definition) is 5. The third-order valence-corrected chi connectivity index (χ3v) is 3.42. The molecule has 5 N–H and O–H groups in total. The fourth-order valence-electron chi connectivity index (χ4n) is 1.64. The molecule has 8 nitrogen and oxygen atoms in total. The molecular weight excluding hydrogens is 288 g/mol. The summed E-state index contributed by atoms with van der Waals surface area (Å²) >= 11 is 0. The minimum absolute atomic E-state index is 0.263. The lowest BCUT2D eigenvalue weighted by molar-refractivity contribution is -0.142. The SMILES string of the molecule is CC(N)C(=O)NC(C)C(=O)NCCCCN(C)C(C)C(=O)O. The van der Waals surface area contributed by atoms with E-state index in [2.05, 4.69) is 10.6 Å². The summed E-state index contributed by atoms with van der Waals surface area (Å²) in [4.78, 5) is 35.6. The molecule has 0 radical (unpaired) electrons. The maximum atomic E-state index is 11.7. The summed E-state index contributed by atoms with van der Waals surface area (Å²) in [6.07, 6.45) is 1.51. The average molecular weight is 316 g/mol. The molecule has 0 aliphatic heterocycles. The first-order valence-electron chi connectivity index (χ1n) is 7.43. The summed E-state index contributed by atoms with van der Waals surface area (Å²) in [5.41, 5.74) is 5.41. The summed E-state index contributed by atoms with van der Waals surface area (Å²) in [6, 6.07) is -1.81. The van der Waals surface area contributed by atoms with Crippen LogP contribution in [0.1, 0.15) is 33.6 Å². The minimum atomic E-state index is -0.852. The number of aliphatic carboxylic acids is 1. The number of nitrogens with one attached hydrogen (secondary N) is 2. The molecule has 0 aliphatic carbocycles. The van der Waals surface area contributed by atoms with E-state index in [1.165, 1.54) is 0 Å². The molecule has 8 heteroatoms. The molecule has 0 aliphatic rings. The van der Waals surface area contributed by atoms with Crippen molar-refractivity contribution < 1.29 is 19.5 Å². The molecule has 0 fully saturated rings. The van der Waals surface area contributed by atoms with E-state index in [9.17, 15) is 14.4 Å². The summed E-state index contributed by atoms with van der Waals surface area (Å²) in [5.74, 6) is -1.48. The van der Waals surface area contributed by atoms with Gasteiger partial charge in [-0.25, -0.2) is 0 Å². The van der Waals surface area contributed by atoms with Gasteiger partial charge in [-0.15, -0.1) is 0 Å². The van der Waals surface area contributed by atoms with Crippen LogP contribution in [0.3, 0.4) is 0 Å². The van der Waals surface area contributed by atoms with Crippen molar-refractivity contribution in [2.24, 2.45) is 5.73 Å². The number of carboxylic acids is 1. The van der Waals surface area contributed by atoms with Crippen LogP contribution in [-0.2, 0) is 14.4 Å². The lowest BCUT2D eigenvalue weighted by atomic mass is 10.2. The largest absolute Gasteiger partial charge is 0.480 e. The number of amides is 2. The number of likely N-dealkylation sites (N-methyl/N-ethyl adjacent to an activating group) is 1. The molecule has 0 spiro atoms. The quantitative estimate of drug-likeness (QED) is 0.389. The molecule has 0 bridgehead atoms. The Morgan fingerprint density at radius 2 is 1.73 bits per heavy atom. The molecule has 0 rings (SSSR count). The lowest BCUT2D eigenvalue weighted by Gasteiger charge is -2.21. The average Bonchev–Trinajstić information content (AvgIpc) is 2.44. The maximum absolute atomic E-state index is 11.7. The van der Waals surface area contributed by atoms with E-state index in [4.69, 9.17) is 10.8 Å². The second-order valence-corrected chi connectivity index (χ2v) is 5.51. The highest BCUT2D eigenvalue weighted by Crippen LogP contribution is 1.99. The summed E-state index contributed by atoms with van der Waals surface area (Å²) in [5, 5.41) is 14.1.